The molecule has 27 heavy (non-hydrogen) atoms. The molecule has 10 heteroatoms. The SMILES string of the molecule is C[N+](C)(C)CC(OP(=O)(O)OC[C@@H](CO)OO)C(=O)C=Cc1ccccc1. The lowest BCUT2D eigenvalue weighted by atomic mass is 10.1. The monoisotopic (exact) mass is 404 g/mol. The van der Waals surface area contributed by atoms with E-state index in [2.05, 4.69) is 4.89 Å². The zero-order valence-corrected chi connectivity index (χ0v) is 16.5. The van der Waals surface area contributed by atoms with Crippen LogP contribution < -0.4 is 0 Å². The maximum Gasteiger partial charge on any atom is 0.473 e. The highest BCUT2D eigenvalue weighted by Gasteiger charge is 2.34. The third kappa shape index (κ3) is 9.90. The summed E-state index contributed by atoms with van der Waals surface area (Å²) in [4.78, 5) is 26.2. The smallest absolute Gasteiger partial charge is 0.393 e. The molecule has 1 rings (SSSR count). The van der Waals surface area contributed by atoms with E-state index in [1.165, 1.54) is 6.08 Å². The first-order valence-corrected chi connectivity index (χ1v) is 9.70. The molecule has 0 aliphatic carbocycles. The molecule has 0 fully saturated rings. The summed E-state index contributed by atoms with van der Waals surface area (Å²) >= 11 is 0. The predicted molar refractivity (Wildman–Crippen MR) is 98.6 cm³/mol. The van der Waals surface area contributed by atoms with Gasteiger partial charge in [0.15, 0.2) is 11.9 Å². The van der Waals surface area contributed by atoms with Crippen LogP contribution in [0.3, 0.4) is 0 Å². The Balaban J connectivity index is 2.85. The van der Waals surface area contributed by atoms with Crippen LogP contribution in [-0.2, 0) is 23.3 Å². The molecule has 0 saturated carbocycles. The summed E-state index contributed by atoms with van der Waals surface area (Å²) in [6.07, 6.45) is 0.421. The van der Waals surface area contributed by atoms with E-state index in [9.17, 15) is 14.3 Å². The van der Waals surface area contributed by atoms with Crippen molar-refractivity contribution in [2.45, 2.75) is 12.2 Å². The Hall–Kier alpha value is -1.42. The Kier molecular flexibility index (Phi) is 9.44. The minimum absolute atomic E-state index is 0.117. The van der Waals surface area contributed by atoms with E-state index in [0.29, 0.717) is 4.48 Å². The molecule has 0 amide bonds. The Morgan fingerprint density at radius 2 is 1.89 bits per heavy atom. The van der Waals surface area contributed by atoms with Crippen LogP contribution >= 0.6 is 7.82 Å². The first kappa shape index (κ1) is 23.6. The fourth-order valence-electron chi connectivity index (χ4n) is 2.01. The fraction of sp³-hybridized carbons (Fsp3) is 0.471. The fourth-order valence-corrected chi connectivity index (χ4v) is 2.92. The van der Waals surface area contributed by atoms with E-state index < -0.39 is 39.0 Å². The number of nitrogens with zero attached hydrogens (tertiary/aromatic N) is 1. The third-order valence-electron chi connectivity index (χ3n) is 3.31. The van der Waals surface area contributed by atoms with Crippen LogP contribution in [0.25, 0.3) is 6.08 Å². The highest BCUT2D eigenvalue weighted by molar-refractivity contribution is 7.47. The van der Waals surface area contributed by atoms with Crippen LogP contribution in [0, 0.1) is 0 Å². The Bertz CT molecular complexity index is 655. The average molecular weight is 404 g/mol. The van der Waals surface area contributed by atoms with Gasteiger partial charge in [-0.1, -0.05) is 36.4 Å². The topological polar surface area (TPSA) is 123 Å². The Labute approximate surface area is 158 Å². The van der Waals surface area contributed by atoms with Gasteiger partial charge >= 0.3 is 7.82 Å². The third-order valence-corrected chi connectivity index (χ3v) is 4.30. The molecule has 2 unspecified atom stereocenters. The molecular weight excluding hydrogens is 377 g/mol. The molecule has 0 saturated heterocycles. The zero-order chi connectivity index (χ0) is 20.5. The van der Waals surface area contributed by atoms with Gasteiger partial charge in [0.2, 0.25) is 0 Å². The molecule has 0 heterocycles. The average Bonchev–Trinajstić information content (AvgIpc) is 2.59. The molecule has 3 atom stereocenters. The lowest BCUT2D eigenvalue weighted by molar-refractivity contribution is -0.872. The molecule has 1 aromatic carbocycles. The maximum atomic E-state index is 12.5. The molecule has 0 aliphatic rings. The van der Waals surface area contributed by atoms with Gasteiger partial charge < -0.3 is 14.5 Å². The number of hydrogen-bond acceptors (Lipinski definition) is 7. The van der Waals surface area contributed by atoms with Crippen LogP contribution in [0.4, 0.5) is 0 Å². The number of phosphoric ester groups is 1. The zero-order valence-electron chi connectivity index (χ0n) is 15.6. The number of aliphatic hydroxyl groups is 1. The van der Waals surface area contributed by atoms with Crippen molar-refractivity contribution in [1.82, 2.24) is 0 Å². The molecule has 0 radical (unpaired) electrons. The van der Waals surface area contributed by atoms with Crippen molar-refractivity contribution in [2.24, 2.45) is 0 Å². The van der Waals surface area contributed by atoms with E-state index in [0.717, 1.165) is 5.56 Å². The van der Waals surface area contributed by atoms with Gasteiger partial charge in [0.25, 0.3) is 0 Å². The lowest BCUT2D eigenvalue weighted by Gasteiger charge is -2.28. The maximum absolute atomic E-state index is 12.5. The Morgan fingerprint density at radius 1 is 1.26 bits per heavy atom. The minimum Gasteiger partial charge on any atom is -0.393 e. The number of likely N-dealkylation sites (N-methyl/N-ethyl adjacent to an activating group) is 1. The van der Waals surface area contributed by atoms with Gasteiger partial charge in [0, 0.05) is 0 Å². The van der Waals surface area contributed by atoms with E-state index in [1.54, 1.807) is 27.2 Å². The van der Waals surface area contributed by atoms with Crippen molar-refractivity contribution in [3.8, 4) is 0 Å². The second-order valence-electron chi connectivity index (χ2n) is 6.89. The number of hydrogen-bond donors (Lipinski definition) is 3. The van der Waals surface area contributed by atoms with Gasteiger partial charge in [-0.3, -0.25) is 19.1 Å². The second kappa shape index (κ2) is 10.8. The number of phosphoric acid groups is 1. The van der Waals surface area contributed by atoms with E-state index in [-0.39, 0.29) is 6.54 Å². The predicted octanol–water partition coefficient (Wildman–Crippen LogP) is 1.33. The molecule has 0 aliphatic heterocycles. The van der Waals surface area contributed by atoms with Crippen LogP contribution in [0.2, 0.25) is 0 Å². The van der Waals surface area contributed by atoms with E-state index in [4.69, 9.17) is 19.4 Å². The van der Waals surface area contributed by atoms with Crippen LogP contribution in [0.5, 0.6) is 0 Å². The molecule has 152 valence electrons. The van der Waals surface area contributed by atoms with Crippen molar-refractivity contribution < 1.29 is 43.0 Å². The highest BCUT2D eigenvalue weighted by Crippen LogP contribution is 2.45. The molecule has 0 spiro atoms. The normalized spacial score (nSPS) is 16.8. The quantitative estimate of drug-likeness (QED) is 0.157. The van der Waals surface area contributed by atoms with Crippen LogP contribution in [0.15, 0.2) is 36.4 Å². The van der Waals surface area contributed by atoms with E-state index in [1.807, 2.05) is 30.3 Å². The molecular formula is C17H27NO8P+. The molecule has 0 aromatic heterocycles. The lowest BCUT2D eigenvalue weighted by Crippen LogP contribution is -2.45. The van der Waals surface area contributed by atoms with Gasteiger partial charge in [-0.25, -0.2) is 9.45 Å². The standard InChI is InChI=1S/C17H26NO8P/c1-18(2,3)11-17(16(20)10-9-14-7-5-4-6-8-14)26-27(22,23)24-13-15(12-19)25-21/h4-10,15,17,19H,11-13H2,1-3H3,(H-,21,22,23)/p+1/t15-,17?/m1/s1. The molecule has 9 nitrogen and oxygen atoms in total. The van der Waals surface area contributed by atoms with Gasteiger partial charge in [-0.2, -0.15) is 0 Å². The van der Waals surface area contributed by atoms with Gasteiger partial charge in [0.05, 0.1) is 34.4 Å². The Morgan fingerprint density at radius 3 is 2.41 bits per heavy atom. The molecule has 3 N–H and O–H groups in total. The van der Waals surface area contributed by atoms with Crippen molar-refractivity contribution in [1.29, 1.82) is 0 Å². The number of aliphatic hydroxyl groups excluding tert-OH is 1. The molecule has 1 aromatic rings. The summed E-state index contributed by atoms with van der Waals surface area (Å²) in [5, 5.41) is 17.4. The number of rotatable bonds is 12. The number of quaternary nitrogens is 1. The van der Waals surface area contributed by atoms with Gasteiger partial charge in [0.1, 0.15) is 12.6 Å². The number of ketones is 1. The number of benzene rings is 1. The van der Waals surface area contributed by atoms with Crippen LogP contribution in [0.1, 0.15) is 5.56 Å². The first-order chi connectivity index (χ1) is 12.6. The summed E-state index contributed by atoms with van der Waals surface area (Å²) in [5.41, 5.74) is 0.796. The summed E-state index contributed by atoms with van der Waals surface area (Å²) in [6.45, 7) is -1.10. The first-order valence-electron chi connectivity index (χ1n) is 8.20. The summed E-state index contributed by atoms with van der Waals surface area (Å²) < 4.78 is 22.2. The second-order valence-corrected chi connectivity index (χ2v) is 8.29. The highest BCUT2D eigenvalue weighted by atomic mass is 31.2. The summed E-state index contributed by atoms with van der Waals surface area (Å²) in [7, 11) is 0.771. The van der Waals surface area contributed by atoms with E-state index >= 15 is 0 Å². The number of carbonyl (C=O) groups is 1. The number of carbonyl (C=O) groups excluding carboxylic acids is 1. The van der Waals surface area contributed by atoms with Crippen molar-refractivity contribution >= 4 is 19.7 Å². The van der Waals surface area contributed by atoms with Gasteiger partial charge in [-0.05, 0) is 11.6 Å². The summed E-state index contributed by atoms with van der Waals surface area (Å²) in [6, 6.07) is 9.10. The summed E-state index contributed by atoms with van der Waals surface area (Å²) in [5.74, 6) is -0.498. The minimum atomic E-state index is -4.63. The van der Waals surface area contributed by atoms with Crippen LogP contribution in [-0.4, -0.2) is 78.6 Å². The van der Waals surface area contributed by atoms with Crippen molar-refractivity contribution in [2.75, 3.05) is 40.9 Å². The largest absolute Gasteiger partial charge is 0.473 e. The molecule has 0 bridgehead atoms. The van der Waals surface area contributed by atoms with Crippen molar-refractivity contribution in [3.05, 3.63) is 42.0 Å². The van der Waals surface area contributed by atoms with Gasteiger partial charge in [-0.15, -0.1) is 0 Å². The van der Waals surface area contributed by atoms with Crippen molar-refractivity contribution in [3.63, 3.8) is 0 Å².